The Kier molecular flexibility index (Phi) is 5.55. The highest BCUT2D eigenvalue weighted by Crippen LogP contribution is 2.29. The van der Waals surface area contributed by atoms with E-state index in [4.69, 9.17) is 11.6 Å². The summed E-state index contributed by atoms with van der Waals surface area (Å²) in [5.74, 6) is -0.0776. The number of aromatic nitrogens is 5. The number of likely N-dealkylation sites (N-methyl/N-ethyl adjacent to an activating group) is 1. The summed E-state index contributed by atoms with van der Waals surface area (Å²) in [5, 5.41) is 10.4. The van der Waals surface area contributed by atoms with Crippen molar-refractivity contribution in [2.24, 2.45) is 0 Å². The summed E-state index contributed by atoms with van der Waals surface area (Å²) in [6, 6.07) is 12.1. The van der Waals surface area contributed by atoms with Crippen molar-refractivity contribution in [1.29, 1.82) is 0 Å². The van der Waals surface area contributed by atoms with Gasteiger partial charge in [0.15, 0.2) is 5.65 Å². The van der Waals surface area contributed by atoms with Crippen molar-refractivity contribution in [3.8, 4) is 11.1 Å². The third-order valence-corrected chi connectivity index (χ3v) is 5.50. The molecule has 30 heavy (non-hydrogen) atoms. The molecule has 4 aromatic rings. The number of amides is 1. The van der Waals surface area contributed by atoms with Gasteiger partial charge in [0, 0.05) is 25.2 Å². The first-order valence-corrected chi connectivity index (χ1v) is 10.2. The normalized spacial score (nSPS) is 11.2. The monoisotopic (exact) mass is 422 g/mol. The number of benzene rings is 1. The summed E-state index contributed by atoms with van der Waals surface area (Å²) in [7, 11) is 1.76. The van der Waals surface area contributed by atoms with E-state index < -0.39 is 0 Å². The highest BCUT2D eigenvalue weighted by Gasteiger charge is 2.19. The van der Waals surface area contributed by atoms with E-state index >= 15 is 0 Å². The fraction of sp³-hybridized carbons (Fsp3) is 0.273. The summed E-state index contributed by atoms with van der Waals surface area (Å²) in [6.07, 6.45) is 3.37. The van der Waals surface area contributed by atoms with Crippen molar-refractivity contribution in [3.05, 3.63) is 65.2 Å². The van der Waals surface area contributed by atoms with Gasteiger partial charge in [0.25, 0.3) is 0 Å². The van der Waals surface area contributed by atoms with E-state index in [1.807, 2.05) is 38.1 Å². The summed E-state index contributed by atoms with van der Waals surface area (Å²) >= 11 is 6.24. The molecule has 0 aliphatic rings. The maximum absolute atomic E-state index is 12.9. The van der Waals surface area contributed by atoms with Gasteiger partial charge in [-0.2, -0.15) is 10.2 Å². The van der Waals surface area contributed by atoms with Gasteiger partial charge in [-0.05, 0) is 31.0 Å². The standard InChI is InChI=1S/C22H23ClN6O/c1-4-28-19(18(23)12-25-28)13-27(3)20(30)14-29-22-21(15(2)26-29)17(10-11-24-22)16-8-6-5-7-9-16/h5-12H,4,13-14H2,1-3H3. The second-order valence-electron chi connectivity index (χ2n) is 7.17. The summed E-state index contributed by atoms with van der Waals surface area (Å²) < 4.78 is 3.47. The Balaban J connectivity index is 1.61. The molecule has 7 nitrogen and oxygen atoms in total. The van der Waals surface area contributed by atoms with Crippen LogP contribution in [0.2, 0.25) is 5.02 Å². The number of fused-ring (bicyclic) bond motifs is 1. The molecular weight excluding hydrogens is 400 g/mol. The molecule has 0 atom stereocenters. The Morgan fingerprint density at radius 1 is 1.17 bits per heavy atom. The molecule has 3 heterocycles. The lowest BCUT2D eigenvalue weighted by Crippen LogP contribution is -2.31. The summed E-state index contributed by atoms with van der Waals surface area (Å²) in [4.78, 5) is 19.1. The van der Waals surface area contributed by atoms with Crippen molar-refractivity contribution < 1.29 is 4.79 Å². The third-order valence-electron chi connectivity index (χ3n) is 5.19. The molecule has 0 radical (unpaired) electrons. The number of halogens is 1. The van der Waals surface area contributed by atoms with Gasteiger partial charge in [0.05, 0.1) is 29.2 Å². The van der Waals surface area contributed by atoms with Crippen molar-refractivity contribution in [2.75, 3.05) is 7.05 Å². The number of rotatable bonds is 6. The zero-order valence-corrected chi connectivity index (χ0v) is 18.0. The Labute approximate surface area is 179 Å². The summed E-state index contributed by atoms with van der Waals surface area (Å²) in [6.45, 7) is 5.11. The van der Waals surface area contributed by atoms with Crippen molar-refractivity contribution in [2.45, 2.75) is 33.5 Å². The molecule has 0 N–H and O–H groups in total. The Morgan fingerprint density at radius 2 is 1.93 bits per heavy atom. The lowest BCUT2D eigenvalue weighted by Gasteiger charge is -2.18. The molecule has 0 aliphatic carbocycles. The van der Waals surface area contributed by atoms with Crippen LogP contribution in [0.1, 0.15) is 18.3 Å². The molecule has 154 valence electrons. The minimum atomic E-state index is -0.0776. The van der Waals surface area contributed by atoms with Crippen LogP contribution in [0.3, 0.4) is 0 Å². The van der Waals surface area contributed by atoms with E-state index in [-0.39, 0.29) is 12.5 Å². The Morgan fingerprint density at radius 3 is 2.67 bits per heavy atom. The number of carbonyl (C=O) groups excluding carboxylic acids is 1. The lowest BCUT2D eigenvalue weighted by atomic mass is 10.0. The van der Waals surface area contributed by atoms with Crippen LogP contribution >= 0.6 is 11.6 Å². The van der Waals surface area contributed by atoms with Crippen molar-refractivity contribution in [1.82, 2.24) is 29.4 Å². The number of aryl methyl sites for hydroxylation is 2. The predicted octanol–water partition coefficient (Wildman–Crippen LogP) is 3.94. The SMILES string of the molecule is CCn1ncc(Cl)c1CN(C)C(=O)Cn1nc(C)c2c(-c3ccccc3)ccnc21. The number of hydrogen-bond acceptors (Lipinski definition) is 4. The number of pyridine rings is 1. The van der Waals surface area contributed by atoms with E-state index in [2.05, 4.69) is 27.3 Å². The number of hydrogen-bond donors (Lipinski definition) is 0. The fourth-order valence-corrected chi connectivity index (χ4v) is 3.83. The molecule has 0 aliphatic heterocycles. The topological polar surface area (TPSA) is 68.8 Å². The smallest absolute Gasteiger partial charge is 0.244 e. The van der Waals surface area contributed by atoms with Gasteiger partial charge >= 0.3 is 0 Å². The molecule has 3 aromatic heterocycles. The molecule has 1 amide bonds. The number of nitrogens with zero attached hydrogens (tertiary/aromatic N) is 6. The molecule has 8 heteroatoms. The molecule has 0 fully saturated rings. The van der Waals surface area contributed by atoms with Crippen LogP contribution in [0, 0.1) is 6.92 Å². The minimum Gasteiger partial charge on any atom is -0.338 e. The van der Waals surface area contributed by atoms with Gasteiger partial charge in [-0.1, -0.05) is 41.9 Å². The maximum atomic E-state index is 12.9. The second-order valence-corrected chi connectivity index (χ2v) is 7.58. The second kappa shape index (κ2) is 8.28. The first-order valence-electron chi connectivity index (χ1n) is 9.81. The first-order chi connectivity index (χ1) is 14.5. The van der Waals surface area contributed by atoms with E-state index in [0.717, 1.165) is 27.9 Å². The van der Waals surface area contributed by atoms with Crippen LogP contribution < -0.4 is 0 Å². The summed E-state index contributed by atoms with van der Waals surface area (Å²) in [5.41, 5.74) is 4.52. The van der Waals surface area contributed by atoms with Gasteiger partial charge in [-0.15, -0.1) is 0 Å². The van der Waals surface area contributed by atoms with E-state index in [1.165, 1.54) is 0 Å². The predicted molar refractivity (Wildman–Crippen MR) is 117 cm³/mol. The van der Waals surface area contributed by atoms with Crippen LogP contribution in [-0.4, -0.2) is 42.4 Å². The average molecular weight is 423 g/mol. The van der Waals surface area contributed by atoms with Gasteiger partial charge < -0.3 is 4.90 Å². The highest BCUT2D eigenvalue weighted by atomic mass is 35.5. The van der Waals surface area contributed by atoms with Gasteiger partial charge in [-0.3, -0.25) is 9.48 Å². The van der Waals surface area contributed by atoms with Crippen LogP contribution in [0.25, 0.3) is 22.2 Å². The molecule has 0 saturated heterocycles. The molecule has 4 rings (SSSR count). The van der Waals surface area contributed by atoms with Crippen molar-refractivity contribution >= 4 is 28.5 Å². The van der Waals surface area contributed by atoms with Crippen LogP contribution in [0.5, 0.6) is 0 Å². The zero-order valence-electron chi connectivity index (χ0n) is 17.2. The lowest BCUT2D eigenvalue weighted by molar-refractivity contribution is -0.131. The first kappa shape index (κ1) is 20.1. The number of carbonyl (C=O) groups is 1. The van der Waals surface area contributed by atoms with Crippen LogP contribution in [0.15, 0.2) is 48.8 Å². The highest BCUT2D eigenvalue weighted by molar-refractivity contribution is 6.31. The van der Waals surface area contributed by atoms with Gasteiger partial charge in [0.2, 0.25) is 5.91 Å². The van der Waals surface area contributed by atoms with E-state index in [0.29, 0.717) is 23.8 Å². The maximum Gasteiger partial charge on any atom is 0.244 e. The molecular formula is C22H23ClN6O. The minimum absolute atomic E-state index is 0.0776. The fourth-order valence-electron chi connectivity index (χ4n) is 3.63. The molecule has 1 aromatic carbocycles. The quantitative estimate of drug-likeness (QED) is 0.472. The average Bonchev–Trinajstić information content (AvgIpc) is 3.28. The molecule has 0 unspecified atom stereocenters. The zero-order chi connectivity index (χ0) is 21.3. The van der Waals surface area contributed by atoms with E-state index in [9.17, 15) is 4.79 Å². The largest absolute Gasteiger partial charge is 0.338 e. The van der Waals surface area contributed by atoms with Crippen LogP contribution in [0.4, 0.5) is 0 Å². The third kappa shape index (κ3) is 3.68. The van der Waals surface area contributed by atoms with Crippen LogP contribution in [-0.2, 0) is 24.4 Å². The molecule has 0 saturated carbocycles. The molecule has 0 spiro atoms. The van der Waals surface area contributed by atoms with Gasteiger partial charge in [-0.25, -0.2) is 9.67 Å². The van der Waals surface area contributed by atoms with Gasteiger partial charge in [0.1, 0.15) is 6.54 Å². The van der Waals surface area contributed by atoms with Crippen molar-refractivity contribution in [3.63, 3.8) is 0 Å². The van der Waals surface area contributed by atoms with E-state index in [1.54, 1.807) is 33.7 Å². The Bertz CT molecular complexity index is 1200. The Hall–Kier alpha value is -3.19. The molecule has 0 bridgehead atoms.